The Morgan fingerprint density at radius 2 is 2.00 bits per heavy atom. The summed E-state index contributed by atoms with van der Waals surface area (Å²) in [5, 5.41) is 11.4. The van der Waals surface area contributed by atoms with Crippen molar-refractivity contribution in [3.63, 3.8) is 0 Å². The minimum Gasteiger partial charge on any atom is -0.336 e. The lowest BCUT2D eigenvalue weighted by atomic mass is 10.1. The van der Waals surface area contributed by atoms with Gasteiger partial charge in [-0.15, -0.1) is 0 Å². The minimum atomic E-state index is -0.404. The van der Waals surface area contributed by atoms with Crippen molar-refractivity contribution >= 4 is 5.91 Å². The molecule has 0 saturated heterocycles. The second-order valence-electron chi connectivity index (χ2n) is 3.61. The van der Waals surface area contributed by atoms with E-state index < -0.39 is 6.04 Å². The maximum Gasteiger partial charge on any atom is 0.252 e. The maximum absolute atomic E-state index is 11.7. The number of amides is 1. The van der Waals surface area contributed by atoms with Gasteiger partial charge in [-0.05, 0) is 30.5 Å². The van der Waals surface area contributed by atoms with Crippen LogP contribution in [0.2, 0.25) is 0 Å². The van der Waals surface area contributed by atoms with Gasteiger partial charge in [0.25, 0.3) is 5.91 Å². The van der Waals surface area contributed by atoms with Gasteiger partial charge >= 0.3 is 0 Å². The molecular weight excluding hydrogens is 200 g/mol. The Morgan fingerprint density at radius 3 is 2.44 bits per heavy atom. The number of carbonyl (C=O) groups excluding carboxylic acids is 1. The zero-order valence-corrected chi connectivity index (χ0v) is 9.66. The molecule has 0 radical (unpaired) electrons. The van der Waals surface area contributed by atoms with Crippen molar-refractivity contribution in [1.82, 2.24) is 5.32 Å². The molecule has 0 spiro atoms. The summed E-state index contributed by atoms with van der Waals surface area (Å²) in [5.41, 5.74) is 1.80. The smallest absolute Gasteiger partial charge is 0.252 e. The van der Waals surface area contributed by atoms with Crippen LogP contribution in [0.3, 0.4) is 0 Å². The van der Waals surface area contributed by atoms with Crippen LogP contribution in [0.25, 0.3) is 0 Å². The maximum atomic E-state index is 11.7. The van der Waals surface area contributed by atoms with Crippen molar-refractivity contribution in [1.29, 1.82) is 5.26 Å². The molecule has 0 saturated carbocycles. The molecule has 1 aromatic carbocycles. The number of hydrogen-bond donors (Lipinski definition) is 1. The van der Waals surface area contributed by atoms with Crippen LogP contribution in [0.15, 0.2) is 24.3 Å². The van der Waals surface area contributed by atoms with Crippen LogP contribution in [0.1, 0.15) is 36.2 Å². The van der Waals surface area contributed by atoms with Crippen LogP contribution < -0.4 is 5.32 Å². The first kappa shape index (κ1) is 12.3. The van der Waals surface area contributed by atoms with Crippen molar-refractivity contribution in [2.24, 2.45) is 0 Å². The normalized spacial score (nSPS) is 11.6. The van der Waals surface area contributed by atoms with Crippen molar-refractivity contribution in [2.75, 3.05) is 0 Å². The van der Waals surface area contributed by atoms with Crippen LogP contribution in [-0.2, 0) is 6.42 Å². The average Bonchev–Trinajstić information content (AvgIpc) is 2.35. The number of nitriles is 1. The van der Waals surface area contributed by atoms with Crippen LogP contribution in [-0.4, -0.2) is 11.9 Å². The molecule has 1 unspecified atom stereocenters. The number of hydrogen-bond acceptors (Lipinski definition) is 2. The molecule has 1 N–H and O–H groups in total. The zero-order chi connectivity index (χ0) is 12.0. The first-order chi connectivity index (χ1) is 7.71. The zero-order valence-electron chi connectivity index (χ0n) is 9.66. The second kappa shape index (κ2) is 5.92. The molecule has 1 rings (SSSR count). The lowest BCUT2D eigenvalue weighted by Gasteiger charge is -2.09. The predicted molar refractivity (Wildman–Crippen MR) is 63.0 cm³/mol. The summed E-state index contributed by atoms with van der Waals surface area (Å²) in [5.74, 6) is -0.184. The Balaban J connectivity index is 2.70. The first-order valence-corrected chi connectivity index (χ1v) is 5.50. The number of nitrogens with zero attached hydrogens (tertiary/aromatic N) is 1. The van der Waals surface area contributed by atoms with Gasteiger partial charge in [-0.3, -0.25) is 4.79 Å². The fourth-order valence-corrected chi connectivity index (χ4v) is 1.36. The van der Waals surface area contributed by atoms with Crippen molar-refractivity contribution < 1.29 is 4.79 Å². The Bertz CT molecular complexity index is 389. The molecule has 0 heterocycles. The highest BCUT2D eigenvalue weighted by Gasteiger charge is 2.10. The number of carbonyl (C=O) groups is 1. The highest BCUT2D eigenvalue weighted by atomic mass is 16.1. The fraction of sp³-hybridized carbons (Fsp3) is 0.385. The third-order valence-electron chi connectivity index (χ3n) is 2.49. The van der Waals surface area contributed by atoms with Crippen molar-refractivity contribution in [2.45, 2.75) is 32.7 Å². The fourth-order valence-electron chi connectivity index (χ4n) is 1.36. The van der Waals surface area contributed by atoms with Gasteiger partial charge in [0.2, 0.25) is 0 Å². The second-order valence-corrected chi connectivity index (χ2v) is 3.61. The monoisotopic (exact) mass is 216 g/mol. The van der Waals surface area contributed by atoms with Crippen LogP contribution in [0, 0.1) is 11.3 Å². The molecule has 84 valence electrons. The number of rotatable bonds is 4. The highest BCUT2D eigenvalue weighted by molar-refractivity contribution is 5.94. The summed E-state index contributed by atoms with van der Waals surface area (Å²) in [6.45, 7) is 3.94. The number of nitrogens with one attached hydrogen (secondary N) is 1. The van der Waals surface area contributed by atoms with Gasteiger partial charge in [0.15, 0.2) is 0 Å². The Morgan fingerprint density at radius 1 is 1.38 bits per heavy atom. The van der Waals surface area contributed by atoms with Gasteiger partial charge in [0.1, 0.15) is 6.04 Å². The molecule has 0 aliphatic heterocycles. The summed E-state index contributed by atoms with van der Waals surface area (Å²) in [6, 6.07) is 9.08. The minimum absolute atomic E-state index is 0.184. The number of benzene rings is 1. The molecule has 0 bridgehead atoms. The first-order valence-electron chi connectivity index (χ1n) is 5.50. The van der Waals surface area contributed by atoms with E-state index in [2.05, 4.69) is 12.2 Å². The van der Waals surface area contributed by atoms with Gasteiger partial charge < -0.3 is 5.32 Å². The lowest BCUT2D eigenvalue weighted by molar-refractivity contribution is 0.0944. The molecule has 0 fully saturated rings. The molecule has 0 aliphatic rings. The van der Waals surface area contributed by atoms with Gasteiger partial charge in [0.05, 0.1) is 6.07 Å². The van der Waals surface area contributed by atoms with E-state index in [9.17, 15) is 4.79 Å². The van der Waals surface area contributed by atoms with E-state index in [0.29, 0.717) is 12.0 Å². The van der Waals surface area contributed by atoms with Gasteiger partial charge in [0, 0.05) is 5.56 Å². The van der Waals surface area contributed by atoms with E-state index in [1.54, 1.807) is 12.1 Å². The lowest BCUT2D eigenvalue weighted by Crippen LogP contribution is -2.33. The SMILES string of the molecule is CCc1ccc(C(=O)NC(C#N)CC)cc1. The third-order valence-corrected chi connectivity index (χ3v) is 2.49. The van der Waals surface area contributed by atoms with Crippen LogP contribution >= 0.6 is 0 Å². The van der Waals surface area contributed by atoms with Crippen LogP contribution in [0.5, 0.6) is 0 Å². The third kappa shape index (κ3) is 3.09. The molecule has 1 aromatic rings. The molecule has 16 heavy (non-hydrogen) atoms. The van der Waals surface area contributed by atoms with Gasteiger partial charge in [-0.1, -0.05) is 26.0 Å². The van der Waals surface area contributed by atoms with Crippen LogP contribution in [0.4, 0.5) is 0 Å². The summed E-state index contributed by atoms with van der Waals surface area (Å²) < 4.78 is 0. The van der Waals surface area contributed by atoms with E-state index in [-0.39, 0.29) is 5.91 Å². The molecule has 0 aromatic heterocycles. The molecular formula is C13H16N2O. The number of aryl methyl sites for hydroxylation is 1. The van der Waals surface area contributed by atoms with Gasteiger partial charge in [-0.25, -0.2) is 0 Å². The van der Waals surface area contributed by atoms with Crippen molar-refractivity contribution in [3.8, 4) is 6.07 Å². The predicted octanol–water partition coefficient (Wildman–Crippen LogP) is 2.28. The summed E-state index contributed by atoms with van der Waals surface area (Å²) >= 11 is 0. The standard InChI is InChI=1S/C13H16N2O/c1-3-10-5-7-11(8-6-10)13(16)15-12(4-2)9-14/h5-8,12H,3-4H2,1-2H3,(H,15,16). The van der Waals surface area contributed by atoms with Crippen molar-refractivity contribution in [3.05, 3.63) is 35.4 Å². The molecule has 3 nitrogen and oxygen atoms in total. The summed E-state index contributed by atoms with van der Waals surface area (Å²) in [6.07, 6.45) is 1.58. The van der Waals surface area contributed by atoms with Gasteiger partial charge in [-0.2, -0.15) is 5.26 Å². The molecule has 0 aliphatic carbocycles. The topological polar surface area (TPSA) is 52.9 Å². The summed E-state index contributed by atoms with van der Waals surface area (Å²) in [4.78, 5) is 11.7. The van der Waals surface area contributed by atoms with E-state index in [4.69, 9.17) is 5.26 Å². The quantitative estimate of drug-likeness (QED) is 0.839. The summed E-state index contributed by atoms with van der Waals surface area (Å²) in [7, 11) is 0. The average molecular weight is 216 g/mol. The highest BCUT2D eigenvalue weighted by Crippen LogP contribution is 2.05. The van der Waals surface area contributed by atoms with E-state index in [1.165, 1.54) is 5.56 Å². The molecule has 3 heteroatoms. The Kier molecular flexibility index (Phi) is 4.53. The molecule has 1 atom stereocenters. The van der Waals surface area contributed by atoms with E-state index >= 15 is 0 Å². The Labute approximate surface area is 96.1 Å². The molecule has 1 amide bonds. The van der Waals surface area contributed by atoms with E-state index in [0.717, 1.165) is 6.42 Å². The van der Waals surface area contributed by atoms with E-state index in [1.807, 2.05) is 25.1 Å². The Hall–Kier alpha value is -1.82. The largest absolute Gasteiger partial charge is 0.336 e.